The fourth-order valence-corrected chi connectivity index (χ4v) is 2.19. The number of rotatable bonds is 3. The molecule has 0 heterocycles. The monoisotopic (exact) mass is 308 g/mol. The Morgan fingerprint density at radius 1 is 1.28 bits per heavy atom. The quantitative estimate of drug-likeness (QED) is 0.809. The highest BCUT2D eigenvalue weighted by molar-refractivity contribution is 9.10. The van der Waals surface area contributed by atoms with Crippen molar-refractivity contribution in [2.45, 2.75) is 6.92 Å². The maximum atomic E-state index is 11.8. The molecular weight excluding hydrogens is 296 g/mol. The van der Waals surface area contributed by atoms with E-state index in [-0.39, 0.29) is 5.97 Å². The molecular formula is C14H13BrO3. The highest BCUT2D eigenvalue weighted by Gasteiger charge is 2.11. The maximum absolute atomic E-state index is 11.8. The van der Waals surface area contributed by atoms with Crippen LogP contribution in [-0.4, -0.2) is 19.7 Å². The molecule has 2 aromatic rings. The second-order valence-electron chi connectivity index (χ2n) is 3.76. The van der Waals surface area contributed by atoms with Gasteiger partial charge in [-0.25, -0.2) is 4.79 Å². The zero-order valence-corrected chi connectivity index (χ0v) is 11.8. The number of benzene rings is 2. The van der Waals surface area contributed by atoms with Crippen molar-refractivity contribution in [2.24, 2.45) is 0 Å². The molecule has 0 N–H and O–H groups in total. The van der Waals surface area contributed by atoms with Gasteiger partial charge < -0.3 is 9.47 Å². The van der Waals surface area contributed by atoms with Crippen molar-refractivity contribution < 1.29 is 14.3 Å². The van der Waals surface area contributed by atoms with Gasteiger partial charge in [0.15, 0.2) is 0 Å². The van der Waals surface area contributed by atoms with E-state index in [9.17, 15) is 4.79 Å². The van der Waals surface area contributed by atoms with Crippen LogP contribution in [0.3, 0.4) is 0 Å². The zero-order valence-electron chi connectivity index (χ0n) is 10.2. The van der Waals surface area contributed by atoms with Crippen LogP contribution in [0.2, 0.25) is 0 Å². The minimum absolute atomic E-state index is 0.335. The molecule has 0 aromatic heterocycles. The van der Waals surface area contributed by atoms with Crippen LogP contribution >= 0.6 is 15.9 Å². The highest BCUT2D eigenvalue weighted by atomic mass is 79.9. The third-order valence-corrected chi connectivity index (χ3v) is 3.10. The maximum Gasteiger partial charge on any atom is 0.338 e. The van der Waals surface area contributed by atoms with E-state index in [2.05, 4.69) is 15.9 Å². The predicted molar refractivity (Wildman–Crippen MR) is 74.2 cm³/mol. The largest absolute Gasteiger partial charge is 0.496 e. The van der Waals surface area contributed by atoms with Crippen LogP contribution in [0.4, 0.5) is 0 Å². The van der Waals surface area contributed by atoms with Gasteiger partial charge in [-0.05, 0) is 42.6 Å². The van der Waals surface area contributed by atoms with Crippen LogP contribution in [0.1, 0.15) is 17.3 Å². The molecule has 0 amide bonds. The van der Waals surface area contributed by atoms with Crippen LogP contribution in [0.25, 0.3) is 10.8 Å². The van der Waals surface area contributed by atoms with Gasteiger partial charge in [0.2, 0.25) is 0 Å². The van der Waals surface area contributed by atoms with E-state index in [4.69, 9.17) is 9.47 Å². The number of halogens is 1. The van der Waals surface area contributed by atoms with Gasteiger partial charge in [-0.15, -0.1) is 0 Å². The molecule has 0 aliphatic rings. The summed E-state index contributed by atoms with van der Waals surface area (Å²) < 4.78 is 11.3. The normalized spacial score (nSPS) is 10.4. The number of esters is 1. The molecule has 0 aliphatic heterocycles. The summed E-state index contributed by atoms with van der Waals surface area (Å²) in [7, 11) is 1.59. The van der Waals surface area contributed by atoms with E-state index >= 15 is 0 Å². The van der Waals surface area contributed by atoms with Gasteiger partial charge in [0.05, 0.1) is 19.3 Å². The van der Waals surface area contributed by atoms with Gasteiger partial charge in [-0.1, -0.05) is 15.9 Å². The molecule has 18 heavy (non-hydrogen) atoms. The smallest absolute Gasteiger partial charge is 0.338 e. The molecule has 0 unspecified atom stereocenters. The Labute approximate surface area is 114 Å². The summed E-state index contributed by atoms with van der Waals surface area (Å²) in [6.07, 6.45) is 0. The second-order valence-corrected chi connectivity index (χ2v) is 4.68. The van der Waals surface area contributed by atoms with Crippen molar-refractivity contribution in [2.75, 3.05) is 13.7 Å². The van der Waals surface area contributed by atoms with Crippen molar-refractivity contribution in [1.29, 1.82) is 0 Å². The number of fused-ring (bicyclic) bond motifs is 1. The third kappa shape index (κ3) is 2.48. The van der Waals surface area contributed by atoms with Gasteiger partial charge in [0.25, 0.3) is 0 Å². The number of methoxy groups -OCH3 is 1. The molecule has 0 fully saturated rings. The number of ether oxygens (including phenoxy) is 2. The SMILES string of the molecule is CCOC(=O)c1cc(OC)c2ccc(Br)cc2c1. The lowest BCUT2D eigenvalue weighted by Gasteiger charge is -2.09. The van der Waals surface area contributed by atoms with E-state index in [0.717, 1.165) is 15.2 Å². The minimum Gasteiger partial charge on any atom is -0.496 e. The first-order valence-electron chi connectivity index (χ1n) is 5.60. The van der Waals surface area contributed by atoms with E-state index in [1.165, 1.54) is 0 Å². The highest BCUT2D eigenvalue weighted by Crippen LogP contribution is 2.30. The van der Waals surface area contributed by atoms with Gasteiger partial charge >= 0.3 is 5.97 Å². The summed E-state index contributed by atoms with van der Waals surface area (Å²) in [5, 5.41) is 1.90. The Kier molecular flexibility index (Phi) is 3.87. The average Bonchev–Trinajstić information content (AvgIpc) is 2.37. The van der Waals surface area contributed by atoms with Crippen LogP contribution in [0.15, 0.2) is 34.8 Å². The van der Waals surface area contributed by atoms with Crippen molar-refractivity contribution >= 4 is 32.7 Å². The summed E-state index contributed by atoms with van der Waals surface area (Å²) in [4.78, 5) is 11.8. The van der Waals surface area contributed by atoms with Crippen LogP contribution < -0.4 is 4.74 Å². The molecule has 0 atom stereocenters. The summed E-state index contributed by atoms with van der Waals surface area (Å²) in [5.74, 6) is 0.334. The molecule has 0 radical (unpaired) electrons. The minimum atomic E-state index is -0.335. The molecule has 0 spiro atoms. The Hall–Kier alpha value is -1.55. The van der Waals surface area contributed by atoms with E-state index < -0.39 is 0 Å². The van der Waals surface area contributed by atoms with E-state index in [1.54, 1.807) is 26.2 Å². The fourth-order valence-electron chi connectivity index (χ4n) is 1.81. The van der Waals surface area contributed by atoms with Gasteiger partial charge in [-0.2, -0.15) is 0 Å². The fraction of sp³-hybridized carbons (Fsp3) is 0.214. The Balaban J connectivity index is 2.60. The molecule has 3 nitrogen and oxygen atoms in total. The van der Waals surface area contributed by atoms with E-state index in [1.807, 2.05) is 18.2 Å². The number of carbonyl (C=O) groups excluding carboxylic acids is 1. The predicted octanol–water partition coefficient (Wildman–Crippen LogP) is 3.79. The third-order valence-electron chi connectivity index (χ3n) is 2.61. The van der Waals surface area contributed by atoms with E-state index in [0.29, 0.717) is 17.9 Å². The molecule has 2 rings (SSSR count). The van der Waals surface area contributed by atoms with Crippen molar-refractivity contribution in [3.05, 3.63) is 40.4 Å². The summed E-state index contributed by atoms with van der Waals surface area (Å²) >= 11 is 3.41. The standard InChI is InChI=1S/C14H13BrO3/c1-3-18-14(16)10-6-9-7-11(15)4-5-12(9)13(8-10)17-2/h4-8H,3H2,1-2H3. The van der Waals surface area contributed by atoms with Crippen molar-refractivity contribution in [1.82, 2.24) is 0 Å². The number of hydrogen-bond donors (Lipinski definition) is 0. The van der Waals surface area contributed by atoms with Gasteiger partial charge in [-0.3, -0.25) is 0 Å². The van der Waals surface area contributed by atoms with Crippen LogP contribution in [-0.2, 0) is 4.74 Å². The first-order chi connectivity index (χ1) is 8.65. The molecule has 2 aromatic carbocycles. The Morgan fingerprint density at radius 3 is 2.72 bits per heavy atom. The van der Waals surface area contributed by atoms with Crippen LogP contribution in [0, 0.1) is 0 Å². The van der Waals surface area contributed by atoms with Crippen molar-refractivity contribution in [3.8, 4) is 5.75 Å². The average molecular weight is 309 g/mol. The molecule has 0 bridgehead atoms. The lowest BCUT2D eigenvalue weighted by atomic mass is 10.1. The molecule has 4 heteroatoms. The molecule has 0 saturated heterocycles. The lowest BCUT2D eigenvalue weighted by Crippen LogP contribution is -2.05. The second kappa shape index (κ2) is 5.40. The van der Waals surface area contributed by atoms with Crippen molar-refractivity contribution in [3.63, 3.8) is 0 Å². The summed E-state index contributed by atoms with van der Waals surface area (Å²) in [5.41, 5.74) is 0.499. The summed E-state index contributed by atoms with van der Waals surface area (Å²) in [6, 6.07) is 9.34. The number of carbonyl (C=O) groups is 1. The Morgan fingerprint density at radius 2 is 2.06 bits per heavy atom. The molecule has 0 aliphatic carbocycles. The first kappa shape index (κ1) is 12.9. The lowest BCUT2D eigenvalue weighted by molar-refractivity contribution is 0.0526. The number of hydrogen-bond acceptors (Lipinski definition) is 3. The zero-order chi connectivity index (χ0) is 13.1. The summed E-state index contributed by atoms with van der Waals surface area (Å²) in [6.45, 7) is 2.14. The van der Waals surface area contributed by atoms with Crippen LogP contribution in [0.5, 0.6) is 5.75 Å². The van der Waals surface area contributed by atoms with Gasteiger partial charge in [0.1, 0.15) is 5.75 Å². The van der Waals surface area contributed by atoms with Gasteiger partial charge in [0, 0.05) is 9.86 Å². The topological polar surface area (TPSA) is 35.5 Å². The first-order valence-corrected chi connectivity index (χ1v) is 6.39. The molecule has 0 saturated carbocycles. The molecule has 94 valence electrons. The Bertz CT molecular complexity index is 593.